The highest BCUT2D eigenvalue weighted by Gasteiger charge is 2.21. The summed E-state index contributed by atoms with van der Waals surface area (Å²) in [6.07, 6.45) is 3.40. The number of aromatic nitrogens is 2. The number of hydrogen-bond acceptors (Lipinski definition) is 4. The second-order valence-electron chi connectivity index (χ2n) is 4.52. The van der Waals surface area contributed by atoms with Crippen LogP contribution < -0.4 is 5.32 Å². The topological polar surface area (TPSA) is 90.1 Å². The molecule has 1 N–H and O–H groups in total. The van der Waals surface area contributed by atoms with Crippen molar-refractivity contribution in [1.82, 2.24) is 15.1 Å². The summed E-state index contributed by atoms with van der Waals surface area (Å²) in [5.41, 5.74) is -0.331. The SMILES string of the molecule is CC(Cn1cccn1)NC(=O)c1cc(Cl)ccc1[N+](=O)[O-]. The molecule has 0 spiro atoms. The van der Waals surface area contributed by atoms with Gasteiger partial charge in [0, 0.05) is 29.5 Å². The average Bonchev–Trinajstić information content (AvgIpc) is 2.90. The Balaban J connectivity index is 2.12. The predicted octanol–water partition coefficient (Wildman–Crippen LogP) is 2.26. The molecule has 1 unspecified atom stereocenters. The Morgan fingerprint density at radius 1 is 1.57 bits per heavy atom. The van der Waals surface area contributed by atoms with E-state index in [9.17, 15) is 14.9 Å². The lowest BCUT2D eigenvalue weighted by Gasteiger charge is -2.14. The molecule has 0 aliphatic carbocycles. The number of rotatable bonds is 5. The van der Waals surface area contributed by atoms with Gasteiger partial charge in [-0.15, -0.1) is 0 Å². The number of nitro groups is 1. The molecule has 0 aliphatic rings. The molecule has 0 bridgehead atoms. The third-order valence-electron chi connectivity index (χ3n) is 2.80. The first-order valence-corrected chi connectivity index (χ1v) is 6.57. The van der Waals surface area contributed by atoms with E-state index in [1.165, 1.54) is 18.2 Å². The number of hydrogen-bond donors (Lipinski definition) is 1. The number of halogens is 1. The molecule has 0 saturated heterocycles. The summed E-state index contributed by atoms with van der Waals surface area (Å²) in [6.45, 7) is 2.25. The fourth-order valence-corrected chi connectivity index (χ4v) is 2.06. The van der Waals surface area contributed by atoms with Gasteiger partial charge in [0.05, 0.1) is 11.5 Å². The van der Waals surface area contributed by atoms with Crippen LogP contribution in [0, 0.1) is 10.1 Å². The molecule has 21 heavy (non-hydrogen) atoms. The first-order chi connectivity index (χ1) is 9.97. The van der Waals surface area contributed by atoms with Gasteiger partial charge in [0.2, 0.25) is 0 Å². The van der Waals surface area contributed by atoms with Crippen LogP contribution in [0.25, 0.3) is 0 Å². The molecule has 0 saturated carbocycles. The lowest BCUT2D eigenvalue weighted by Crippen LogP contribution is -2.36. The molecule has 2 aromatic rings. The number of nitrogens with one attached hydrogen (secondary N) is 1. The predicted molar refractivity (Wildman–Crippen MR) is 77.3 cm³/mol. The fourth-order valence-electron chi connectivity index (χ4n) is 1.89. The van der Waals surface area contributed by atoms with Crippen molar-refractivity contribution in [2.24, 2.45) is 0 Å². The standard InChI is InChI=1S/C13H13ClN4O3/c1-9(8-17-6-2-5-15-17)16-13(19)11-7-10(14)3-4-12(11)18(20)21/h2-7,9H,8H2,1H3,(H,16,19). The van der Waals surface area contributed by atoms with Gasteiger partial charge in [0.15, 0.2) is 0 Å². The minimum absolute atomic E-state index is 0.0557. The molecule has 8 heteroatoms. The zero-order valence-corrected chi connectivity index (χ0v) is 11.9. The first kappa shape index (κ1) is 15.0. The van der Waals surface area contributed by atoms with Gasteiger partial charge in [-0.3, -0.25) is 19.6 Å². The molecule has 1 atom stereocenters. The number of amides is 1. The minimum Gasteiger partial charge on any atom is -0.347 e. The molecule has 7 nitrogen and oxygen atoms in total. The zero-order valence-electron chi connectivity index (χ0n) is 11.2. The van der Waals surface area contributed by atoms with Gasteiger partial charge in [0.1, 0.15) is 5.56 Å². The van der Waals surface area contributed by atoms with Crippen molar-refractivity contribution in [3.05, 3.63) is 57.4 Å². The second kappa shape index (κ2) is 6.36. The van der Waals surface area contributed by atoms with E-state index < -0.39 is 10.8 Å². The van der Waals surface area contributed by atoms with Crippen LogP contribution >= 0.6 is 11.6 Å². The Bertz CT molecular complexity index is 657. The average molecular weight is 309 g/mol. The Labute approximate surface area is 125 Å². The van der Waals surface area contributed by atoms with E-state index in [-0.39, 0.29) is 22.3 Å². The van der Waals surface area contributed by atoms with Gasteiger partial charge >= 0.3 is 0 Å². The summed E-state index contributed by atoms with van der Waals surface area (Å²) >= 11 is 5.80. The normalized spacial score (nSPS) is 11.9. The Kier molecular flexibility index (Phi) is 4.54. The van der Waals surface area contributed by atoms with Gasteiger partial charge in [0.25, 0.3) is 11.6 Å². The van der Waals surface area contributed by atoms with Gasteiger partial charge < -0.3 is 5.32 Å². The van der Waals surface area contributed by atoms with Crippen molar-refractivity contribution in [1.29, 1.82) is 0 Å². The number of nitrogens with zero attached hydrogens (tertiary/aromatic N) is 3. The maximum Gasteiger partial charge on any atom is 0.282 e. The van der Waals surface area contributed by atoms with E-state index in [1.807, 2.05) is 0 Å². The Morgan fingerprint density at radius 3 is 2.95 bits per heavy atom. The largest absolute Gasteiger partial charge is 0.347 e. The molecular formula is C13H13ClN4O3. The first-order valence-electron chi connectivity index (χ1n) is 6.19. The molecule has 1 amide bonds. The summed E-state index contributed by atoms with van der Waals surface area (Å²) in [7, 11) is 0. The van der Waals surface area contributed by atoms with Crippen LogP contribution in [0.1, 0.15) is 17.3 Å². The lowest BCUT2D eigenvalue weighted by molar-refractivity contribution is -0.385. The number of nitro benzene ring substituents is 1. The van der Waals surface area contributed by atoms with Gasteiger partial charge in [-0.1, -0.05) is 11.6 Å². The van der Waals surface area contributed by atoms with Crippen molar-refractivity contribution < 1.29 is 9.72 Å². The van der Waals surface area contributed by atoms with E-state index in [0.29, 0.717) is 6.54 Å². The molecule has 110 valence electrons. The lowest BCUT2D eigenvalue weighted by atomic mass is 10.1. The summed E-state index contributed by atoms with van der Waals surface area (Å²) in [6, 6.07) is 5.42. The molecule has 0 radical (unpaired) electrons. The minimum atomic E-state index is -0.608. The monoisotopic (exact) mass is 308 g/mol. The molecule has 1 aromatic heterocycles. The smallest absolute Gasteiger partial charge is 0.282 e. The number of benzene rings is 1. The van der Waals surface area contributed by atoms with Crippen LogP contribution in [0.15, 0.2) is 36.7 Å². The van der Waals surface area contributed by atoms with Crippen molar-refractivity contribution in [2.75, 3.05) is 0 Å². The van der Waals surface area contributed by atoms with Crippen LogP contribution in [0.5, 0.6) is 0 Å². The van der Waals surface area contributed by atoms with Crippen molar-refractivity contribution >= 4 is 23.2 Å². The highest BCUT2D eigenvalue weighted by molar-refractivity contribution is 6.31. The fraction of sp³-hybridized carbons (Fsp3) is 0.231. The summed E-state index contributed by atoms with van der Waals surface area (Å²) < 4.78 is 1.66. The maximum absolute atomic E-state index is 12.2. The highest BCUT2D eigenvalue weighted by atomic mass is 35.5. The van der Waals surface area contributed by atoms with E-state index in [2.05, 4.69) is 10.4 Å². The highest BCUT2D eigenvalue weighted by Crippen LogP contribution is 2.22. The van der Waals surface area contributed by atoms with Crippen molar-refractivity contribution in [3.8, 4) is 0 Å². The van der Waals surface area contributed by atoms with Gasteiger partial charge in [-0.05, 0) is 25.1 Å². The van der Waals surface area contributed by atoms with E-state index in [1.54, 1.807) is 30.1 Å². The molecule has 2 rings (SSSR count). The molecule has 0 fully saturated rings. The van der Waals surface area contributed by atoms with Crippen LogP contribution in [-0.4, -0.2) is 26.7 Å². The quantitative estimate of drug-likeness (QED) is 0.677. The van der Waals surface area contributed by atoms with Crippen LogP contribution in [0.3, 0.4) is 0 Å². The van der Waals surface area contributed by atoms with E-state index in [0.717, 1.165) is 0 Å². The van der Waals surface area contributed by atoms with E-state index in [4.69, 9.17) is 11.6 Å². The van der Waals surface area contributed by atoms with Crippen LogP contribution in [0.2, 0.25) is 5.02 Å². The maximum atomic E-state index is 12.2. The second-order valence-corrected chi connectivity index (χ2v) is 4.96. The van der Waals surface area contributed by atoms with Crippen molar-refractivity contribution in [2.45, 2.75) is 19.5 Å². The summed E-state index contributed by atoms with van der Waals surface area (Å²) in [5, 5.41) is 17.9. The molecule has 1 heterocycles. The molecular weight excluding hydrogens is 296 g/mol. The van der Waals surface area contributed by atoms with Crippen LogP contribution in [0.4, 0.5) is 5.69 Å². The Morgan fingerprint density at radius 2 is 2.33 bits per heavy atom. The molecule has 1 aromatic carbocycles. The summed E-state index contributed by atoms with van der Waals surface area (Å²) in [4.78, 5) is 22.5. The zero-order chi connectivity index (χ0) is 15.4. The third kappa shape index (κ3) is 3.79. The molecule has 0 aliphatic heterocycles. The van der Waals surface area contributed by atoms with Crippen LogP contribution in [-0.2, 0) is 6.54 Å². The van der Waals surface area contributed by atoms with Gasteiger partial charge in [-0.25, -0.2) is 0 Å². The third-order valence-corrected chi connectivity index (χ3v) is 3.03. The van der Waals surface area contributed by atoms with Gasteiger partial charge in [-0.2, -0.15) is 5.10 Å². The van der Waals surface area contributed by atoms with E-state index >= 15 is 0 Å². The number of carbonyl (C=O) groups is 1. The number of carbonyl (C=O) groups excluding carboxylic acids is 1. The summed E-state index contributed by atoms with van der Waals surface area (Å²) in [5.74, 6) is -0.538. The van der Waals surface area contributed by atoms with Crippen molar-refractivity contribution in [3.63, 3.8) is 0 Å². The Hall–Kier alpha value is -2.41.